The van der Waals surface area contributed by atoms with Crippen molar-refractivity contribution in [2.24, 2.45) is 0 Å². The molecule has 0 radical (unpaired) electrons. The summed E-state index contributed by atoms with van der Waals surface area (Å²) in [4.78, 5) is 2.43. The summed E-state index contributed by atoms with van der Waals surface area (Å²) in [7, 11) is 2.21. The Bertz CT molecular complexity index is 386. The minimum atomic E-state index is 0.533. The van der Waals surface area contributed by atoms with Crippen molar-refractivity contribution in [1.82, 2.24) is 10.2 Å². The van der Waals surface area contributed by atoms with Crippen LogP contribution in [0.1, 0.15) is 31.2 Å². The Labute approximate surface area is 117 Å². The van der Waals surface area contributed by atoms with Gasteiger partial charge >= 0.3 is 0 Å². The zero-order valence-corrected chi connectivity index (χ0v) is 12.1. The normalized spacial score (nSPS) is 20.2. The van der Waals surface area contributed by atoms with Gasteiger partial charge in [-0.1, -0.05) is 43.3 Å². The minimum absolute atomic E-state index is 0.533. The number of aryl methyl sites for hydroxylation is 1. The standard InChI is InChI=1S/C17H26N2/c1-15(17-12-6-7-14-19(17)2)18-13-8-11-16-9-4-3-5-10-16/h3-5,9-10,17-18H,1,6-8,11-14H2,2H3. The van der Waals surface area contributed by atoms with Crippen molar-refractivity contribution < 1.29 is 0 Å². The molecule has 0 aliphatic carbocycles. The molecule has 2 nitrogen and oxygen atoms in total. The van der Waals surface area contributed by atoms with E-state index >= 15 is 0 Å². The fraction of sp³-hybridized carbons (Fsp3) is 0.529. The van der Waals surface area contributed by atoms with Crippen LogP contribution in [0.5, 0.6) is 0 Å². The molecule has 19 heavy (non-hydrogen) atoms. The molecule has 1 aliphatic heterocycles. The first-order valence-electron chi connectivity index (χ1n) is 7.44. The predicted molar refractivity (Wildman–Crippen MR) is 82.2 cm³/mol. The van der Waals surface area contributed by atoms with Crippen LogP contribution in [0, 0.1) is 0 Å². The Balaban J connectivity index is 1.66. The summed E-state index contributed by atoms with van der Waals surface area (Å²) in [5.41, 5.74) is 2.62. The maximum atomic E-state index is 4.22. The van der Waals surface area contributed by atoms with E-state index in [0.29, 0.717) is 6.04 Å². The van der Waals surface area contributed by atoms with Crippen LogP contribution in [0.3, 0.4) is 0 Å². The average Bonchev–Trinajstić information content (AvgIpc) is 2.45. The van der Waals surface area contributed by atoms with Crippen molar-refractivity contribution in [3.05, 3.63) is 48.2 Å². The third kappa shape index (κ3) is 4.39. The van der Waals surface area contributed by atoms with Gasteiger partial charge in [0.2, 0.25) is 0 Å². The summed E-state index contributed by atoms with van der Waals surface area (Å²) < 4.78 is 0. The number of likely N-dealkylation sites (N-methyl/N-ethyl adjacent to an activating group) is 1. The minimum Gasteiger partial charge on any atom is -0.388 e. The van der Waals surface area contributed by atoms with Crippen molar-refractivity contribution in [3.8, 4) is 0 Å². The van der Waals surface area contributed by atoms with Crippen LogP contribution in [-0.2, 0) is 6.42 Å². The smallest absolute Gasteiger partial charge is 0.0486 e. The number of benzene rings is 1. The van der Waals surface area contributed by atoms with Gasteiger partial charge in [-0.2, -0.15) is 0 Å². The Morgan fingerprint density at radius 2 is 2.11 bits per heavy atom. The van der Waals surface area contributed by atoms with E-state index in [9.17, 15) is 0 Å². The molecule has 1 fully saturated rings. The fourth-order valence-electron chi connectivity index (χ4n) is 2.82. The summed E-state index contributed by atoms with van der Waals surface area (Å²) in [6, 6.07) is 11.2. The van der Waals surface area contributed by atoms with Crippen molar-refractivity contribution in [2.45, 2.75) is 38.1 Å². The molecule has 2 rings (SSSR count). The SMILES string of the molecule is C=C(NCCCc1ccccc1)C1CCCCN1C. The number of nitrogens with one attached hydrogen (secondary N) is 1. The lowest BCUT2D eigenvalue weighted by Gasteiger charge is -2.34. The van der Waals surface area contributed by atoms with Crippen LogP contribution in [0.25, 0.3) is 0 Å². The van der Waals surface area contributed by atoms with Crippen LogP contribution in [-0.4, -0.2) is 31.1 Å². The molecule has 0 spiro atoms. The molecule has 1 aromatic rings. The molecule has 0 amide bonds. The Hall–Kier alpha value is -1.28. The highest BCUT2D eigenvalue weighted by Crippen LogP contribution is 2.19. The molecular weight excluding hydrogens is 232 g/mol. The maximum Gasteiger partial charge on any atom is 0.0486 e. The average molecular weight is 258 g/mol. The Morgan fingerprint density at radius 1 is 1.32 bits per heavy atom. The van der Waals surface area contributed by atoms with Crippen molar-refractivity contribution in [2.75, 3.05) is 20.1 Å². The number of piperidine rings is 1. The van der Waals surface area contributed by atoms with Crippen molar-refractivity contribution >= 4 is 0 Å². The number of hydrogen-bond acceptors (Lipinski definition) is 2. The van der Waals surface area contributed by atoms with E-state index in [1.165, 1.54) is 43.5 Å². The van der Waals surface area contributed by atoms with E-state index in [1.807, 2.05) is 0 Å². The fourth-order valence-corrected chi connectivity index (χ4v) is 2.82. The molecule has 104 valence electrons. The predicted octanol–water partition coefficient (Wildman–Crippen LogP) is 3.21. The van der Waals surface area contributed by atoms with Gasteiger partial charge in [-0.05, 0) is 44.8 Å². The molecule has 0 bridgehead atoms. The third-order valence-electron chi connectivity index (χ3n) is 4.01. The third-order valence-corrected chi connectivity index (χ3v) is 4.01. The second kappa shape index (κ2) is 7.34. The molecular formula is C17H26N2. The van der Waals surface area contributed by atoms with Gasteiger partial charge in [0.15, 0.2) is 0 Å². The number of nitrogens with zero attached hydrogens (tertiary/aromatic N) is 1. The largest absolute Gasteiger partial charge is 0.388 e. The second-order valence-corrected chi connectivity index (χ2v) is 5.53. The summed E-state index contributed by atoms with van der Waals surface area (Å²) >= 11 is 0. The number of likely N-dealkylation sites (tertiary alicyclic amines) is 1. The highest BCUT2D eigenvalue weighted by molar-refractivity contribution is 5.14. The van der Waals surface area contributed by atoms with Gasteiger partial charge < -0.3 is 5.32 Å². The molecule has 1 aliphatic rings. The summed E-state index contributed by atoms with van der Waals surface area (Å²) in [6.07, 6.45) is 6.22. The van der Waals surface area contributed by atoms with Gasteiger partial charge in [0.1, 0.15) is 0 Å². The Morgan fingerprint density at radius 3 is 2.84 bits per heavy atom. The molecule has 0 saturated carbocycles. The van der Waals surface area contributed by atoms with Gasteiger partial charge in [-0.3, -0.25) is 4.90 Å². The van der Waals surface area contributed by atoms with Crippen LogP contribution in [0.15, 0.2) is 42.6 Å². The van der Waals surface area contributed by atoms with Crippen LogP contribution >= 0.6 is 0 Å². The van der Waals surface area contributed by atoms with Gasteiger partial charge in [0.05, 0.1) is 0 Å². The van der Waals surface area contributed by atoms with Gasteiger partial charge in [-0.25, -0.2) is 0 Å². The van der Waals surface area contributed by atoms with Crippen LogP contribution in [0.4, 0.5) is 0 Å². The molecule has 0 aromatic heterocycles. The number of hydrogen-bond donors (Lipinski definition) is 1. The van der Waals surface area contributed by atoms with Gasteiger partial charge in [0, 0.05) is 18.3 Å². The van der Waals surface area contributed by atoms with Gasteiger partial charge in [-0.15, -0.1) is 0 Å². The van der Waals surface area contributed by atoms with Crippen molar-refractivity contribution in [1.29, 1.82) is 0 Å². The van der Waals surface area contributed by atoms with Gasteiger partial charge in [0.25, 0.3) is 0 Å². The van der Waals surface area contributed by atoms with E-state index in [2.05, 4.69) is 54.2 Å². The zero-order valence-electron chi connectivity index (χ0n) is 12.1. The zero-order chi connectivity index (χ0) is 13.5. The Kier molecular flexibility index (Phi) is 5.46. The lowest BCUT2D eigenvalue weighted by Crippen LogP contribution is -2.41. The van der Waals surface area contributed by atoms with Crippen LogP contribution < -0.4 is 5.32 Å². The first-order valence-corrected chi connectivity index (χ1v) is 7.44. The van der Waals surface area contributed by atoms with E-state index in [4.69, 9.17) is 0 Å². The molecule has 1 saturated heterocycles. The molecule has 1 aromatic carbocycles. The first-order chi connectivity index (χ1) is 9.27. The monoisotopic (exact) mass is 258 g/mol. The quantitative estimate of drug-likeness (QED) is 0.788. The van der Waals surface area contributed by atoms with E-state index < -0.39 is 0 Å². The molecule has 1 atom stereocenters. The first kappa shape index (κ1) is 14.1. The highest BCUT2D eigenvalue weighted by atomic mass is 15.2. The topological polar surface area (TPSA) is 15.3 Å². The van der Waals surface area contributed by atoms with Crippen LogP contribution in [0.2, 0.25) is 0 Å². The summed E-state index contributed by atoms with van der Waals surface area (Å²) in [6.45, 7) is 6.45. The van der Waals surface area contributed by atoms with E-state index in [-0.39, 0.29) is 0 Å². The molecule has 2 heteroatoms. The molecule has 1 N–H and O–H groups in total. The molecule has 1 heterocycles. The summed E-state index contributed by atoms with van der Waals surface area (Å²) in [5, 5.41) is 3.52. The lowest BCUT2D eigenvalue weighted by atomic mass is 10.0. The molecule has 1 unspecified atom stereocenters. The summed E-state index contributed by atoms with van der Waals surface area (Å²) in [5.74, 6) is 0. The lowest BCUT2D eigenvalue weighted by molar-refractivity contribution is 0.206. The second-order valence-electron chi connectivity index (χ2n) is 5.53. The maximum absolute atomic E-state index is 4.22. The van der Waals surface area contributed by atoms with E-state index in [0.717, 1.165) is 13.0 Å². The number of rotatable bonds is 6. The van der Waals surface area contributed by atoms with Crippen molar-refractivity contribution in [3.63, 3.8) is 0 Å². The van der Waals surface area contributed by atoms with E-state index in [1.54, 1.807) is 0 Å². The highest BCUT2D eigenvalue weighted by Gasteiger charge is 2.20.